The molecule has 2 aromatic rings. The van der Waals surface area contributed by atoms with Crippen LogP contribution in [-0.2, 0) is 13.1 Å². The van der Waals surface area contributed by atoms with Crippen molar-refractivity contribution in [3.63, 3.8) is 0 Å². The number of hydrogen-bond donors (Lipinski definition) is 1. The summed E-state index contributed by atoms with van der Waals surface area (Å²) in [4.78, 5) is 0. The van der Waals surface area contributed by atoms with Crippen LogP contribution in [0.3, 0.4) is 0 Å². The van der Waals surface area contributed by atoms with Crippen molar-refractivity contribution in [1.82, 2.24) is 15.0 Å². The van der Waals surface area contributed by atoms with Gasteiger partial charge in [-0.25, -0.2) is 4.68 Å². The van der Waals surface area contributed by atoms with Gasteiger partial charge in [0.25, 0.3) is 0 Å². The predicted molar refractivity (Wildman–Crippen MR) is 67.6 cm³/mol. The molecule has 0 amide bonds. The number of nitrogens with two attached hydrogens (primary N) is 1. The molecule has 1 heterocycles. The fourth-order valence-corrected chi connectivity index (χ4v) is 1.73. The molecule has 0 saturated heterocycles. The van der Waals surface area contributed by atoms with Gasteiger partial charge < -0.3 is 10.5 Å². The molecule has 0 bridgehead atoms. The number of halogens is 1. The molecule has 0 spiro atoms. The van der Waals surface area contributed by atoms with E-state index in [1.807, 2.05) is 30.5 Å². The largest absolute Gasteiger partial charge is 0.492 e. The standard InChI is InChI=1S/C11H13BrN4O/c12-9-2-1-3-11(6-9)17-5-4-16-8-10(7-13)14-15-16/h1-3,6,8H,4-5,7,13H2. The minimum absolute atomic E-state index is 0.409. The summed E-state index contributed by atoms with van der Waals surface area (Å²) >= 11 is 3.39. The van der Waals surface area contributed by atoms with Crippen LogP contribution in [-0.4, -0.2) is 21.6 Å². The Morgan fingerprint density at radius 1 is 1.41 bits per heavy atom. The number of nitrogens with zero attached hydrogens (tertiary/aromatic N) is 3. The normalized spacial score (nSPS) is 10.5. The Kier molecular flexibility index (Phi) is 4.11. The van der Waals surface area contributed by atoms with Crippen LogP contribution in [0.15, 0.2) is 34.9 Å². The first-order valence-electron chi connectivity index (χ1n) is 5.25. The van der Waals surface area contributed by atoms with Crippen LogP contribution in [0.25, 0.3) is 0 Å². The summed E-state index contributed by atoms with van der Waals surface area (Å²) in [6, 6.07) is 7.73. The lowest BCUT2D eigenvalue weighted by molar-refractivity contribution is 0.289. The third-order valence-corrected chi connectivity index (χ3v) is 2.67. The Morgan fingerprint density at radius 2 is 2.29 bits per heavy atom. The molecule has 0 fully saturated rings. The monoisotopic (exact) mass is 296 g/mol. The molecule has 90 valence electrons. The summed E-state index contributed by atoms with van der Waals surface area (Å²) in [5, 5.41) is 7.83. The molecule has 17 heavy (non-hydrogen) atoms. The molecule has 0 unspecified atom stereocenters. The summed E-state index contributed by atoms with van der Waals surface area (Å²) in [6.45, 7) is 1.61. The Balaban J connectivity index is 1.83. The third kappa shape index (κ3) is 3.54. The van der Waals surface area contributed by atoms with Crippen molar-refractivity contribution in [1.29, 1.82) is 0 Å². The van der Waals surface area contributed by atoms with Crippen LogP contribution in [0, 0.1) is 0 Å². The Morgan fingerprint density at radius 3 is 3.00 bits per heavy atom. The highest BCUT2D eigenvalue weighted by Gasteiger charge is 1.99. The molecule has 5 nitrogen and oxygen atoms in total. The molecule has 0 aliphatic carbocycles. The maximum Gasteiger partial charge on any atom is 0.120 e. The van der Waals surface area contributed by atoms with Gasteiger partial charge in [-0.1, -0.05) is 27.2 Å². The fraction of sp³-hybridized carbons (Fsp3) is 0.273. The lowest BCUT2D eigenvalue weighted by atomic mass is 10.3. The van der Waals surface area contributed by atoms with Gasteiger partial charge in [0.05, 0.1) is 12.2 Å². The quantitative estimate of drug-likeness (QED) is 0.910. The van der Waals surface area contributed by atoms with E-state index in [-0.39, 0.29) is 0 Å². The predicted octanol–water partition coefficient (Wildman–Crippen LogP) is 1.58. The van der Waals surface area contributed by atoms with Gasteiger partial charge in [0, 0.05) is 17.2 Å². The molecule has 2 rings (SSSR count). The van der Waals surface area contributed by atoms with Gasteiger partial charge in [-0.15, -0.1) is 5.10 Å². The van der Waals surface area contributed by atoms with Crippen LogP contribution < -0.4 is 10.5 Å². The number of aromatic nitrogens is 3. The molecule has 0 aliphatic heterocycles. The molecular formula is C11H13BrN4O. The van der Waals surface area contributed by atoms with Crippen molar-refractivity contribution in [3.05, 3.63) is 40.6 Å². The summed E-state index contributed by atoms with van der Waals surface area (Å²) in [7, 11) is 0. The van der Waals surface area contributed by atoms with Crippen LogP contribution in [0.5, 0.6) is 5.75 Å². The zero-order chi connectivity index (χ0) is 12.1. The SMILES string of the molecule is NCc1cn(CCOc2cccc(Br)c2)nn1. The molecular weight excluding hydrogens is 284 g/mol. The maximum atomic E-state index is 5.58. The number of rotatable bonds is 5. The molecule has 1 aromatic heterocycles. The van der Waals surface area contributed by atoms with E-state index in [1.54, 1.807) is 4.68 Å². The third-order valence-electron chi connectivity index (χ3n) is 2.18. The van der Waals surface area contributed by atoms with Crippen LogP contribution in [0.4, 0.5) is 0 Å². The van der Waals surface area contributed by atoms with Gasteiger partial charge in [-0.2, -0.15) is 0 Å². The molecule has 0 atom stereocenters. The van der Waals surface area contributed by atoms with Gasteiger partial charge in [0.15, 0.2) is 0 Å². The van der Waals surface area contributed by atoms with Crippen molar-refractivity contribution in [2.24, 2.45) is 5.73 Å². The van der Waals surface area contributed by atoms with Gasteiger partial charge >= 0.3 is 0 Å². The number of hydrogen-bond acceptors (Lipinski definition) is 4. The van der Waals surface area contributed by atoms with Gasteiger partial charge in [0.2, 0.25) is 0 Å². The van der Waals surface area contributed by atoms with Crippen LogP contribution >= 0.6 is 15.9 Å². The van der Waals surface area contributed by atoms with Crippen molar-refractivity contribution in [3.8, 4) is 5.75 Å². The van der Waals surface area contributed by atoms with E-state index in [9.17, 15) is 0 Å². The second-order valence-corrected chi connectivity index (χ2v) is 4.40. The van der Waals surface area contributed by atoms with Gasteiger partial charge in [0.1, 0.15) is 12.4 Å². The zero-order valence-electron chi connectivity index (χ0n) is 9.21. The molecule has 0 saturated carbocycles. The minimum atomic E-state index is 0.409. The summed E-state index contributed by atoms with van der Waals surface area (Å²) < 4.78 is 8.31. The Bertz CT molecular complexity index is 486. The highest BCUT2D eigenvalue weighted by atomic mass is 79.9. The van der Waals surface area contributed by atoms with Gasteiger partial charge in [-0.3, -0.25) is 0 Å². The fourth-order valence-electron chi connectivity index (χ4n) is 1.36. The first-order chi connectivity index (χ1) is 8.28. The second kappa shape index (κ2) is 5.79. The summed E-state index contributed by atoms with van der Waals surface area (Å²) in [6.07, 6.45) is 1.82. The van der Waals surface area contributed by atoms with Gasteiger partial charge in [-0.05, 0) is 18.2 Å². The minimum Gasteiger partial charge on any atom is -0.492 e. The van der Waals surface area contributed by atoms with E-state index in [0.29, 0.717) is 19.7 Å². The number of ether oxygens (including phenoxy) is 1. The average Bonchev–Trinajstić information content (AvgIpc) is 2.77. The van der Waals surface area contributed by atoms with E-state index in [0.717, 1.165) is 15.9 Å². The maximum absolute atomic E-state index is 5.58. The summed E-state index contributed by atoms with van der Waals surface area (Å²) in [5.74, 6) is 0.832. The lowest BCUT2D eigenvalue weighted by Crippen LogP contribution is -2.08. The van der Waals surface area contributed by atoms with Crippen molar-refractivity contribution in [2.45, 2.75) is 13.1 Å². The molecule has 2 N–H and O–H groups in total. The molecule has 0 radical (unpaired) electrons. The Labute approximate surface area is 108 Å². The van der Waals surface area contributed by atoms with Crippen molar-refractivity contribution < 1.29 is 4.74 Å². The average molecular weight is 297 g/mol. The van der Waals surface area contributed by atoms with Crippen molar-refractivity contribution in [2.75, 3.05) is 6.61 Å². The van der Waals surface area contributed by atoms with E-state index in [1.165, 1.54) is 0 Å². The lowest BCUT2D eigenvalue weighted by Gasteiger charge is -2.05. The Hall–Kier alpha value is -1.40. The van der Waals surface area contributed by atoms with Crippen LogP contribution in [0.1, 0.15) is 5.69 Å². The topological polar surface area (TPSA) is 66.0 Å². The molecule has 1 aromatic carbocycles. The smallest absolute Gasteiger partial charge is 0.120 e. The first kappa shape index (κ1) is 12.1. The first-order valence-corrected chi connectivity index (χ1v) is 6.04. The highest BCUT2D eigenvalue weighted by Crippen LogP contribution is 2.17. The summed E-state index contributed by atoms with van der Waals surface area (Å²) in [5.41, 5.74) is 6.23. The molecule has 6 heteroatoms. The second-order valence-electron chi connectivity index (χ2n) is 3.48. The van der Waals surface area contributed by atoms with Crippen LogP contribution in [0.2, 0.25) is 0 Å². The van der Waals surface area contributed by atoms with E-state index >= 15 is 0 Å². The van der Waals surface area contributed by atoms with E-state index in [4.69, 9.17) is 10.5 Å². The van der Waals surface area contributed by atoms with E-state index < -0.39 is 0 Å². The van der Waals surface area contributed by atoms with Crippen molar-refractivity contribution >= 4 is 15.9 Å². The highest BCUT2D eigenvalue weighted by molar-refractivity contribution is 9.10. The molecule has 0 aliphatic rings. The van der Waals surface area contributed by atoms with E-state index in [2.05, 4.69) is 26.2 Å². The zero-order valence-corrected chi connectivity index (χ0v) is 10.8. The number of benzene rings is 1.